The summed E-state index contributed by atoms with van der Waals surface area (Å²) in [4.78, 5) is 11.2. The molecule has 6 nitrogen and oxygen atoms in total. The van der Waals surface area contributed by atoms with Crippen LogP contribution in [0.1, 0.15) is 35.9 Å². The Labute approximate surface area is 162 Å². The van der Waals surface area contributed by atoms with E-state index < -0.39 is 9.84 Å². The summed E-state index contributed by atoms with van der Waals surface area (Å²) in [6.45, 7) is 10.9. The Morgan fingerprint density at radius 2 is 1.78 bits per heavy atom. The van der Waals surface area contributed by atoms with Gasteiger partial charge < -0.3 is 10.2 Å². The number of sulfone groups is 1. The highest BCUT2D eigenvalue weighted by atomic mass is 32.2. The minimum atomic E-state index is -2.94. The smallest absolute Gasteiger partial charge is 0.152 e. The van der Waals surface area contributed by atoms with Gasteiger partial charge in [-0.15, -0.1) is 0 Å². The first-order valence-corrected chi connectivity index (χ1v) is 11.2. The van der Waals surface area contributed by atoms with E-state index in [0.717, 1.165) is 17.3 Å². The lowest BCUT2D eigenvalue weighted by Crippen LogP contribution is -2.37. The van der Waals surface area contributed by atoms with Crippen LogP contribution in [0.2, 0.25) is 0 Å². The molecule has 1 N–H and O–H groups in total. The van der Waals surface area contributed by atoms with Crippen LogP contribution in [0.15, 0.2) is 18.2 Å². The van der Waals surface area contributed by atoms with Gasteiger partial charge >= 0.3 is 0 Å². The van der Waals surface area contributed by atoms with Gasteiger partial charge in [0.05, 0.1) is 11.5 Å². The van der Waals surface area contributed by atoms with Gasteiger partial charge in [0.15, 0.2) is 9.84 Å². The molecule has 1 aliphatic rings. The first-order chi connectivity index (χ1) is 12.7. The van der Waals surface area contributed by atoms with Crippen molar-refractivity contribution in [2.24, 2.45) is 0 Å². The SMILES string of the molecule is CCN(c1cc(Nc2c(C)cc(C)cc2C)nc(C)n1)C1CCS(=O)(=O)C1. The Morgan fingerprint density at radius 3 is 2.33 bits per heavy atom. The van der Waals surface area contributed by atoms with Gasteiger partial charge in [0, 0.05) is 24.3 Å². The number of nitrogens with zero attached hydrogens (tertiary/aromatic N) is 3. The largest absolute Gasteiger partial charge is 0.353 e. The maximum atomic E-state index is 11.9. The number of hydrogen-bond acceptors (Lipinski definition) is 6. The van der Waals surface area contributed by atoms with Gasteiger partial charge in [-0.3, -0.25) is 0 Å². The van der Waals surface area contributed by atoms with Crippen LogP contribution in [0.25, 0.3) is 0 Å². The van der Waals surface area contributed by atoms with E-state index in [1.807, 2.05) is 19.9 Å². The molecular formula is C20H28N4O2S. The van der Waals surface area contributed by atoms with E-state index in [0.29, 0.717) is 18.8 Å². The van der Waals surface area contributed by atoms with E-state index in [2.05, 4.69) is 53.1 Å². The highest BCUT2D eigenvalue weighted by Gasteiger charge is 2.32. The number of anilines is 3. The van der Waals surface area contributed by atoms with Crippen molar-refractivity contribution in [3.63, 3.8) is 0 Å². The summed E-state index contributed by atoms with van der Waals surface area (Å²) in [7, 11) is -2.94. The van der Waals surface area contributed by atoms with E-state index in [1.54, 1.807) is 0 Å². The van der Waals surface area contributed by atoms with Gasteiger partial charge in [-0.25, -0.2) is 18.4 Å². The number of rotatable bonds is 5. The second-order valence-electron chi connectivity index (χ2n) is 7.40. The Hall–Kier alpha value is -2.15. The summed E-state index contributed by atoms with van der Waals surface area (Å²) in [6, 6.07) is 6.18. The van der Waals surface area contributed by atoms with Crippen molar-refractivity contribution in [2.75, 3.05) is 28.3 Å². The van der Waals surface area contributed by atoms with Crippen LogP contribution in [0, 0.1) is 27.7 Å². The Bertz CT molecular complexity index is 933. The molecule has 1 unspecified atom stereocenters. The minimum absolute atomic E-state index is 0.0232. The highest BCUT2D eigenvalue weighted by Crippen LogP contribution is 2.28. The fraction of sp³-hybridized carbons (Fsp3) is 0.500. The molecule has 146 valence electrons. The Morgan fingerprint density at radius 1 is 1.11 bits per heavy atom. The number of benzene rings is 1. The second kappa shape index (κ2) is 7.46. The van der Waals surface area contributed by atoms with Crippen LogP contribution in [0.5, 0.6) is 0 Å². The van der Waals surface area contributed by atoms with Gasteiger partial charge in [-0.05, 0) is 52.2 Å². The summed E-state index contributed by atoms with van der Waals surface area (Å²) in [5.74, 6) is 2.62. The van der Waals surface area contributed by atoms with E-state index in [1.165, 1.54) is 16.7 Å². The minimum Gasteiger partial charge on any atom is -0.353 e. The third-order valence-corrected chi connectivity index (χ3v) is 6.79. The van der Waals surface area contributed by atoms with Crippen LogP contribution in [0.3, 0.4) is 0 Å². The molecule has 1 fully saturated rings. The van der Waals surface area contributed by atoms with E-state index >= 15 is 0 Å². The number of nitrogens with one attached hydrogen (secondary N) is 1. The lowest BCUT2D eigenvalue weighted by Gasteiger charge is -2.28. The molecule has 0 amide bonds. The standard InChI is InChI=1S/C20H28N4O2S/c1-6-24(17-7-8-27(25,26)12-17)19-11-18(21-16(5)22-19)23-20-14(3)9-13(2)10-15(20)4/h9-11,17H,6-8,12H2,1-5H3,(H,21,22,23). The van der Waals surface area contributed by atoms with Crippen molar-refractivity contribution < 1.29 is 8.42 Å². The average Bonchev–Trinajstić information content (AvgIpc) is 2.91. The van der Waals surface area contributed by atoms with Crippen molar-refractivity contribution in [3.05, 3.63) is 40.7 Å². The van der Waals surface area contributed by atoms with E-state index in [9.17, 15) is 8.42 Å². The fourth-order valence-corrected chi connectivity index (χ4v) is 5.63. The number of hydrogen-bond donors (Lipinski definition) is 1. The summed E-state index contributed by atoms with van der Waals surface area (Å²) in [5.41, 5.74) is 4.62. The molecule has 0 radical (unpaired) electrons. The molecule has 1 aliphatic heterocycles. The molecule has 2 aromatic rings. The summed E-state index contributed by atoms with van der Waals surface area (Å²) in [5, 5.41) is 3.44. The third-order valence-electron chi connectivity index (χ3n) is 5.04. The molecule has 27 heavy (non-hydrogen) atoms. The molecule has 0 spiro atoms. The third kappa shape index (κ3) is 4.40. The normalized spacial score (nSPS) is 18.5. The lowest BCUT2D eigenvalue weighted by molar-refractivity contribution is 0.599. The summed E-state index contributed by atoms with van der Waals surface area (Å²) >= 11 is 0. The molecule has 1 aromatic carbocycles. The van der Waals surface area contributed by atoms with Crippen LogP contribution >= 0.6 is 0 Å². The zero-order valence-electron chi connectivity index (χ0n) is 16.7. The summed E-state index contributed by atoms with van der Waals surface area (Å²) in [6.07, 6.45) is 0.651. The number of aryl methyl sites for hydroxylation is 4. The molecular weight excluding hydrogens is 360 g/mol. The first kappa shape index (κ1) is 19.6. The van der Waals surface area contributed by atoms with Crippen LogP contribution in [-0.4, -0.2) is 42.5 Å². The first-order valence-electron chi connectivity index (χ1n) is 9.36. The molecule has 2 heterocycles. The predicted molar refractivity (Wildman–Crippen MR) is 111 cm³/mol. The van der Waals surface area contributed by atoms with Crippen LogP contribution in [0.4, 0.5) is 17.3 Å². The fourth-order valence-electron chi connectivity index (χ4n) is 3.90. The molecule has 0 saturated carbocycles. The maximum absolute atomic E-state index is 11.9. The quantitative estimate of drug-likeness (QED) is 0.845. The zero-order chi connectivity index (χ0) is 19.8. The van der Waals surface area contributed by atoms with Gasteiger partial charge in [0.25, 0.3) is 0 Å². The predicted octanol–water partition coefficient (Wildman–Crippen LogP) is 3.47. The summed E-state index contributed by atoms with van der Waals surface area (Å²) < 4.78 is 23.8. The lowest BCUT2D eigenvalue weighted by atomic mass is 10.1. The second-order valence-corrected chi connectivity index (χ2v) is 9.63. The van der Waals surface area contributed by atoms with Crippen LogP contribution < -0.4 is 10.2 Å². The van der Waals surface area contributed by atoms with Crippen molar-refractivity contribution in [1.29, 1.82) is 0 Å². The van der Waals surface area contributed by atoms with E-state index in [-0.39, 0.29) is 17.5 Å². The highest BCUT2D eigenvalue weighted by molar-refractivity contribution is 7.91. The Kier molecular flexibility index (Phi) is 5.42. The molecule has 3 rings (SSSR count). The molecule has 1 atom stereocenters. The molecule has 0 aliphatic carbocycles. The van der Waals surface area contributed by atoms with Crippen molar-refractivity contribution in [2.45, 2.75) is 47.1 Å². The van der Waals surface area contributed by atoms with Gasteiger partial charge in [-0.1, -0.05) is 17.7 Å². The zero-order valence-corrected chi connectivity index (χ0v) is 17.5. The van der Waals surface area contributed by atoms with Gasteiger partial charge in [-0.2, -0.15) is 0 Å². The average molecular weight is 389 g/mol. The maximum Gasteiger partial charge on any atom is 0.152 e. The molecule has 1 aromatic heterocycles. The monoisotopic (exact) mass is 388 g/mol. The molecule has 1 saturated heterocycles. The number of aromatic nitrogens is 2. The van der Waals surface area contributed by atoms with Crippen molar-refractivity contribution in [3.8, 4) is 0 Å². The molecule has 0 bridgehead atoms. The van der Waals surface area contributed by atoms with Crippen molar-refractivity contribution >= 4 is 27.2 Å². The van der Waals surface area contributed by atoms with Crippen molar-refractivity contribution in [1.82, 2.24) is 9.97 Å². The van der Waals surface area contributed by atoms with E-state index in [4.69, 9.17) is 0 Å². The van der Waals surface area contributed by atoms with Gasteiger partial charge in [0.2, 0.25) is 0 Å². The topological polar surface area (TPSA) is 75.2 Å². The van der Waals surface area contributed by atoms with Gasteiger partial charge in [0.1, 0.15) is 17.5 Å². The Balaban J connectivity index is 1.92. The van der Waals surface area contributed by atoms with Crippen LogP contribution in [-0.2, 0) is 9.84 Å². The molecule has 7 heteroatoms.